The zero-order valence-corrected chi connectivity index (χ0v) is 10.9. The maximum absolute atomic E-state index is 10.4. The van der Waals surface area contributed by atoms with Crippen molar-refractivity contribution in [3.63, 3.8) is 0 Å². The van der Waals surface area contributed by atoms with Crippen LogP contribution in [0.4, 0.5) is 0 Å². The van der Waals surface area contributed by atoms with Crippen LogP contribution in [-0.2, 0) is 9.63 Å². The Labute approximate surface area is 111 Å². The van der Waals surface area contributed by atoms with Crippen molar-refractivity contribution >= 4 is 29.4 Å². The lowest BCUT2D eigenvalue weighted by Crippen LogP contribution is -2.08. The quantitative estimate of drug-likeness (QED) is 0.506. The van der Waals surface area contributed by atoms with Gasteiger partial charge in [0.25, 0.3) is 0 Å². The van der Waals surface area contributed by atoms with Gasteiger partial charge < -0.3 is 9.94 Å². The molecule has 96 valence electrons. The summed E-state index contributed by atoms with van der Waals surface area (Å²) in [4.78, 5) is 15.3. The van der Waals surface area contributed by atoms with Gasteiger partial charge in [0.1, 0.15) is 6.61 Å². The number of hydrogen-bond acceptors (Lipinski definition) is 3. The monoisotopic (exact) mass is 267 g/mol. The molecule has 5 heteroatoms. The molecule has 0 radical (unpaired) electrons. The third-order valence-electron chi connectivity index (χ3n) is 2.22. The van der Waals surface area contributed by atoms with Crippen molar-refractivity contribution in [2.45, 2.75) is 13.8 Å². The van der Waals surface area contributed by atoms with E-state index in [0.29, 0.717) is 5.02 Å². The van der Waals surface area contributed by atoms with Crippen molar-refractivity contribution in [1.82, 2.24) is 0 Å². The highest BCUT2D eigenvalue weighted by Crippen LogP contribution is 2.16. The number of oxime groups is 1. The number of carboxylic acid groups (broad SMARTS) is 1. The number of halogens is 1. The van der Waals surface area contributed by atoms with Crippen molar-refractivity contribution < 1.29 is 14.7 Å². The number of benzene rings is 1. The molecule has 4 nitrogen and oxygen atoms in total. The van der Waals surface area contributed by atoms with E-state index in [4.69, 9.17) is 21.5 Å². The number of aliphatic carboxylic acids is 1. The van der Waals surface area contributed by atoms with E-state index in [1.807, 2.05) is 31.2 Å². The van der Waals surface area contributed by atoms with Gasteiger partial charge in [0, 0.05) is 5.02 Å². The van der Waals surface area contributed by atoms with E-state index in [2.05, 4.69) is 5.16 Å². The Morgan fingerprint density at radius 2 is 2.28 bits per heavy atom. The van der Waals surface area contributed by atoms with E-state index in [0.717, 1.165) is 11.1 Å². The van der Waals surface area contributed by atoms with Gasteiger partial charge in [-0.1, -0.05) is 28.9 Å². The van der Waals surface area contributed by atoms with Gasteiger partial charge in [-0.05, 0) is 43.2 Å². The number of nitrogens with zero attached hydrogens (tertiary/aromatic N) is 1. The fourth-order valence-electron chi connectivity index (χ4n) is 1.18. The van der Waals surface area contributed by atoms with Crippen LogP contribution in [0.25, 0.3) is 6.08 Å². The van der Waals surface area contributed by atoms with Crippen LogP contribution >= 0.6 is 11.6 Å². The molecule has 1 aromatic rings. The largest absolute Gasteiger partial charge is 0.477 e. The van der Waals surface area contributed by atoms with Crippen LogP contribution in [-0.4, -0.2) is 23.4 Å². The average molecular weight is 268 g/mol. The SMILES string of the molecule is C/C(=N/OC/C=C/c1cc(Cl)ccc1C)C(=O)O. The molecule has 0 saturated carbocycles. The van der Waals surface area contributed by atoms with Crippen molar-refractivity contribution in [2.75, 3.05) is 6.61 Å². The normalized spacial score (nSPS) is 11.8. The highest BCUT2D eigenvalue weighted by molar-refractivity contribution is 6.34. The minimum Gasteiger partial charge on any atom is -0.477 e. The highest BCUT2D eigenvalue weighted by atomic mass is 35.5. The summed E-state index contributed by atoms with van der Waals surface area (Å²) in [5.41, 5.74) is 2.01. The molecule has 0 amide bonds. The van der Waals surface area contributed by atoms with Gasteiger partial charge in [-0.3, -0.25) is 0 Å². The fraction of sp³-hybridized carbons (Fsp3) is 0.231. The first kappa shape index (κ1) is 14.3. The minimum absolute atomic E-state index is 0.0812. The van der Waals surface area contributed by atoms with E-state index in [1.165, 1.54) is 6.92 Å². The van der Waals surface area contributed by atoms with Crippen LogP contribution in [0, 0.1) is 6.92 Å². The topological polar surface area (TPSA) is 58.9 Å². The van der Waals surface area contributed by atoms with Crippen molar-refractivity contribution in [3.05, 3.63) is 40.4 Å². The fourth-order valence-corrected chi connectivity index (χ4v) is 1.36. The van der Waals surface area contributed by atoms with E-state index >= 15 is 0 Å². The number of carbonyl (C=O) groups is 1. The van der Waals surface area contributed by atoms with Gasteiger partial charge in [-0.25, -0.2) is 4.79 Å². The summed E-state index contributed by atoms with van der Waals surface area (Å²) in [5, 5.41) is 12.6. The van der Waals surface area contributed by atoms with Crippen molar-refractivity contribution in [3.8, 4) is 0 Å². The van der Waals surface area contributed by atoms with Crippen LogP contribution in [0.1, 0.15) is 18.1 Å². The predicted molar refractivity (Wildman–Crippen MR) is 71.9 cm³/mol. The third-order valence-corrected chi connectivity index (χ3v) is 2.46. The van der Waals surface area contributed by atoms with Gasteiger partial charge in [-0.2, -0.15) is 0 Å². The molecule has 0 heterocycles. The summed E-state index contributed by atoms with van der Waals surface area (Å²) in [5.74, 6) is -1.09. The summed E-state index contributed by atoms with van der Waals surface area (Å²) in [6, 6.07) is 5.60. The molecular weight excluding hydrogens is 254 g/mol. The Morgan fingerprint density at radius 1 is 1.56 bits per heavy atom. The molecule has 0 spiro atoms. The Kier molecular flexibility index (Phi) is 5.39. The van der Waals surface area contributed by atoms with Gasteiger partial charge in [-0.15, -0.1) is 0 Å². The molecule has 0 bridgehead atoms. The first-order valence-electron chi connectivity index (χ1n) is 5.33. The minimum atomic E-state index is -1.09. The van der Waals surface area contributed by atoms with Crippen molar-refractivity contribution in [1.29, 1.82) is 0 Å². The summed E-state index contributed by atoms with van der Waals surface area (Å²) in [7, 11) is 0. The molecule has 1 aromatic carbocycles. The lowest BCUT2D eigenvalue weighted by molar-refractivity contribution is -0.129. The molecule has 18 heavy (non-hydrogen) atoms. The number of aryl methyl sites for hydroxylation is 1. The molecule has 0 aliphatic rings. The highest BCUT2D eigenvalue weighted by Gasteiger charge is 2.00. The molecule has 0 fully saturated rings. The van der Waals surface area contributed by atoms with Gasteiger partial charge in [0.2, 0.25) is 0 Å². The summed E-state index contributed by atoms with van der Waals surface area (Å²) in [6.45, 7) is 3.55. The smallest absolute Gasteiger partial charge is 0.353 e. The second-order valence-corrected chi connectivity index (χ2v) is 4.12. The lowest BCUT2D eigenvalue weighted by atomic mass is 10.1. The van der Waals surface area contributed by atoms with Crippen LogP contribution < -0.4 is 0 Å². The van der Waals surface area contributed by atoms with Gasteiger partial charge in [0.15, 0.2) is 5.71 Å². The maximum atomic E-state index is 10.4. The van der Waals surface area contributed by atoms with Crippen molar-refractivity contribution in [2.24, 2.45) is 5.16 Å². The first-order chi connectivity index (χ1) is 8.50. The number of rotatable bonds is 5. The van der Waals surface area contributed by atoms with Crippen LogP contribution in [0.2, 0.25) is 5.02 Å². The molecule has 1 rings (SSSR count). The second-order valence-electron chi connectivity index (χ2n) is 3.68. The molecule has 0 saturated heterocycles. The molecule has 1 N–H and O–H groups in total. The van der Waals surface area contributed by atoms with Gasteiger partial charge in [0.05, 0.1) is 0 Å². The number of carboxylic acids is 1. The summed E-state index contributed by atoms with van der Waals surface area (Å²) < 4.78 is 0. The van der Waals surface area contributed by atoms with E-state index in [-0.39, 0.29) is 12.3 Å². The Morgan fingerprint density at radius 3 is 2.94 bits per heavy atom. The maximum Gasteiger partial charge on any atom is 0.353 e. The van der Waals surface area contributed by atoms with Crippen LogP contribution in [0.15, 0.2) is 29.4 Å². The molecule has 0 aliphatic heterocycles. The molecule has 0 unspecified atom stereocenters. The zero-order chi connectivity index (χ0) is 13.5. The molecule has 0 aromatic heterocycles. The Bertz CT molecular complexity index is 495. The zero-order valence-electron chi connectivity index (χ0n) is 10.2. The first-order valence-corrected chi connectivity index (χ1v) is 5.71. The van der Waals surface area contributed by atoms with E-state index in [1.54, 1.807) is 6.08 Å². The summed E-state index contributed by atoms with van der Waals surface area (Å²) >= 11 is 5.88. The number of hydrogen-bond donors (Lipinski definition) is 1. The van der Waals surface area contributed by atoms with Gasteiger partial charge >= 0.3 is 5.97 Å². The second kappa shape index (κ2) is 6.81. The molecule has 0 atom stereocenters. The van der Waals surface area contributed by atoms with Crippen LogP contribution in [0.3, 0.4) is 0 Å². The molecular formula is C13H14ClNO3. The summed E-state index contributed by atoms with van der Waals surface area (Å²) in [6.07, 6.45) is 3.60. The molecule has 0 aliphatic carbocycles. The van der Waals surface area contributed by atoms with Crippen LogP contribution in [0.5, 0.6) is 0 Å². The van der Waals surface area contributed by atoms with E-state index in [9.17, 15) is 4.79 Å². The lowest BCUT2D eigenvalue weighted by Gasteiger charge is -2.00. The van der Waals surface area contributed by atoms with E-state index < -0.39 is 5.97 Å². The Hall–Kier alpha value is -1.81. The Balaban J connectivity index is 2.53. The average Bonchev–Trinajstić information content (AvgIpc) is 2.32. The third kappa shape index (κ3) is 4.59. The predicted octanol–water partition coefficient (Wildman–Crippen LogP) is 3.14. The standard InChI is InChI=1S/C13H14ClNO3/c1-9-5-6-12(14)8-11(9)4-3-7-18-15-10(2)13(16)17/h3-6,8H,7H2,1-2H3,(H,16,17)/b4-3+,15-10-.